The molecular formula is C11H15N3. The average molecular weight is 189 g/mol. The third kappa shape index (κ3) is 1.99. The Labute approximate surface area is 84.2 Å². The minimum atomic E-state index is 0.482. The van der Waals surface area contributed by atoms with E-state index in [4.69, 9.17) is 11.1 Å². The van der Waals surface area contributed by atoms with E-state index in [1.807, 2.05) is 25.1 Å². The molecule has 0 atom stereocenters. The van der Waals surface area contributed by atoms with Gasteiger partial charge in [-0.1, -0.05) is 17.7 Å². The molecule has 3 N–H and O–H groups in total. The molecule has 0 bridgehead atoms. The van der Waals surface area contributed by atoms with E-state index >= 15 is 0 Å². The second kappa shape index (κ2) is 4.05. The highest BCUT2D eigenvalue weighted by Gasteiger charge is 2.07. The summed E-state index contributed by atoms with van der Waals surface area (Å²) in [5.74, 6) is 0.482. The number of nitrogens with two attached hydrogens (primary N) is 1. The number of nitrogens with zero attached hydrogens (tertiary/aromatic N) is 1. The number of benzene rings is 1. The van der Waals surface area contributed by atoms with Crippen molar-refractivity contribution in [3.63, 3.8) is 0 Å². The zero-order valence-electron chi connectivity index (χ0n) is 8.76. The molecule has 14 heavy (non-hydrogen) atoms. The Hall–Kier alpha value is -1.64. The molecule has 0 amide bonds. The van der Waals surface area contributed by atoms with E-state index in [1.165, 1.54) is 0 Å². The Morgan fingerprint density at radius 1 is 1.36 bits per heavy atom. The summed E-state index contributed by atoms with van der Waals surface area (Å²) in [6.45, 7) is 3.74. The molecule has 0 aromatic heterocycles. The first kappa shape index (κ1) is 10.4. The summed E-state index contributed by atoms with van der Waals surface area (Å²) in [6.07, 6.45) is 0. The molecule has 0 aliphatic rings. The number of hydrogen-bond donors (Lipinski definition) is 2. The smallest absolute Gasteiger partial charge is 0.126 e. The van der Waals surface area contributed by atoms with Crippen LogP contribution in [0.3, 0.4) is 0 Å². The fraction of sp³-hybridized carbons (Fsp3) is 0.273. The van der Waals surface area contributed by atoms with Gasteiger partial charge in [0.15, 0.2) is 0 Å². The maximum Gasteiger partial charge on any atom is 0.126 e. The van der Waals surface area contributed by atoms with E-state index in [2.05, 4.69) is 4.99 Å². The van der Waals surface area contributed by atoms with Crippen molar-refractivity contribution >= 4 is 11.5 Å². The Morgan fingerprint density at radius 2 is 2.00 bits per heavy atom. The van der Waals surface area contributed by atoms with Crippen LogP contribution in [0.15, 0.2) is 23.2 Å². The van der Waals surface area contributed by atoms with Gasteiger partial charge in [-0.25, -0.2) is 0 Å². The number of rotatable bonds is 2. The summed E-state index contributed by atoms with van der Waals surface area (Å²) in [5.41, 5.74) is 9.08. The zero-order chi connectivity index (χ0) is 10.7. The second-order valence-electron chi connectivity index (χ2n) is 3.28. The molecule has 1 aromatic carbocycles. The number of hydrogen-bond acceptors (Lipinski definition) is 2. The van der Waals surface area contributed by atoms with E-state index in [9.17, 15) is 0 Å². The van der Waals surface area contributed by atoms with E-state index in [0.29, 0.717) is 11.5 Å². The molecule has 0 spiro atoms. The standard InChI is InChI=1S/C11H15N3/c1-7-4-5-9(8(2)12)10(6-7)11(13)14-3/h4-6,12H,1-3H3,(H2,13,14). The molecule has 74 valence electrons. The summed E-state index contributed by atoms with van der Waals surface area (Å²) in [6, 6.07) is 5.83. The molecule has 1 rings (SSSR count). The van der Waals surface area contributed by atoms with Gasteiger partial charge in [-0.3, -0.25) is 4.99 Å². The van der Waals surface area contributed by atoms with E-state index in [1.54, 1.807) is 14.0 Å². The minimum Gasteiger partial charge on any atom is -0.383 e. The molecule has 0 heterocycles. The largest absolute Gasteiger partial charge is 0.383 e. The van der Waals surface area contributed by atoms with Gasteiger partial charge in [-0.05, 0) is 19.9 Å². The Kier molecular flexibility index (Phi) is 3.02. The predicted molar refractivity (Wildman–Crippen MR) is 60.3 cm³/mol. The molecule has 0 aliphatic heterocycles. The van der Waals surface area contributed by atoms with Crippen LogP contribution in [0.5, 0.6) is 0 Å². The van der Waals surface area contributed by atoms with E-state index in [0.717, 1.165) is 16.7 Å². The van der Waals surface area contributed by atoms with Crippen LogP contribution in [0.4, 0.5) is 0 Å². The predicted octanol–water partition coefficient (Wildman–Crippen LogP) is 1.72. The maximum atomic E-state index is 7.60. The van der Waals surface area contributed by atoms with Crippen molar-refractivity contribution in [1.29, 1.82) is 5.41 Å². The summed E-state index contributed by atoms with van der Waals surface area (Å²) < 4.78 is 0. The summed E-state index contributed by atoms with van der Waals surface area (Å²) in [7, 11) is 1.65. The first-order valence-electron chi connectivity index (χ1n) is 4.45. The van der Waals surface area contributed by atoms with Gasteiger partial charge >= 0.3 is 0 Å². The Morgan fingerprint density at radius 3 is 2.50 bits per heavy atom. The highest BCUT2D eigenvalue weighted by molar-refractivity contribution is 6.09. The molecule has 0 saturated carbocycles. The highest BCUT2D eigenvalue weighted by Crippen LogP contribution is 2.12. The van der Waals surface area contributed by atoms with Crippen molar-refractivity contribution in [2.75, 3.05) is 7.05 Å². The summed E-state index contributed by atoms with van der Waals surface area (Å²) in [5, 5.41) is 7.60. The lowest BCUT2D eigenvalue weighted by Crippen LogP contribution is -2.17. The van der Waals surface area contributed by atoms with Crippen LogP contribution < -0.4 is 5.73 Å². The number of amidine groups is 1. The fourth-order valence-electron chi connectivity index (χ4n) is 1.32. The molecule has 1 aromatic rings. The van der Waals surface area contributed by atoms with Gasteiger partial charge in [0.05, 0.1) is 0 Å². The van der Waals surface area contributed by atoms with Crippen LogP contribution in [0.25, 0.3) is 0 Å². The number of nitrogens with one attached hydrogen (secondary N) is 1. The quantitative estimate of drug-likeness (QED) is 0.540. The van der Waals surface area contributed by atoms with E-state index in [-0.39, 0.29) is 0 Å². The van der Waals surface area contributed by atoms with Crippen molar-refractivity contribution in [3.05, 3.63) is 34.9 Å². The molecule has 3 heteroatoms. The van der Waals surface area contributed by atoms with Gasteiger partial charge in [0.2, 0.25) is 0 Å². The van der Waals surface area contributed by atoms with Gasteiger partial charge < -0.3 is 11.1 Å². The molecule has 0 aliphatic carbocycles. The highest BCUT2D eigenvalue weighted by atomic mass is 14.8. The van der Waals surface area contributed by atoms with Crippen LogP contribution in [0.2, 0.25) is 0 Å². The lowest BCUT2D eigenvalue weighted by molar-refractivity contribution is 1.35. The normalized spacial score (nSPS) is 11.5. The second-order valence-corrected chi connectivity index (χ2v) is 3.28. The minimum absolute atomic E-state index is 0.482. The molecule has 0 radical (unpaired) electrons. The van der Waals surface area contributed by atoms with Crippen molar-refractivity contribution < 1.29 is 0 Å². The summed E-state index contributed by atoms with van der Waals surface area (Å²) in [4.78, 5) is 3.94. The van der Waals surface area contributed by atoms with Crippen LogP contribution in [0, 0.1) is 12.3 Å². The van der Waals surface area contributed by atoms with Crippen LogP contribution in [0.1, 0.15) is 23.6 Å². The van der Waals surface area contributed by atoms with Gasteiger partial charge in [-0.2, -0.15) is 0 Å². The topological polar surface area (TPSA) is 62.2 Å². The van der Waals surface area contributed by atoms with Gasteiger partial charge in [0, 0.05) is 23.9 Å². The molecule has 0 saturated heterocycles. The van der Waals surface area contributed by atoms with Crippen molar-refractivity contribution in [2.24, 2.45) is 10.7 Å². The van der Waals surface area contributed by atoms with Gasteiger partial charge in [-0.15, -0.1) is 0 Å². The molecule has 3 nitrogen and oxygen atoms in total. The summed E-state index contributed by atoms with van der Waals surface area (Å²) >= 11 is 0. The molecule has 0 unspecified atom stereocenters. The van der Waals surface area contributed by atoms with Crippen molar-refractivity contribution in [1.82, 2.24) is 0 Å². The molecular weight excluding hydrogens is 174 g/mol. The third-order valence-corrected chi connectivity index (χ3v) is 2.10. The van der Waals surface area contributed by atoms with E-state index < -0.39 is 0 Å². The first-order valence-corrected chi connectivity index (χ1v) is 4.45. The zero-order valence-corrected chi connectivity index (χ0v) is 8.76. The number of aryl methyl sites for hydroxylation is 1. The molecule has 0 fully saturated rings. The SMILES string of the molecule is CN=C(N)c1cc(C)ccc1C(C)=N. The average Bonchev–Trinajstić information content (AvgIpc) is 2.16. The first-order chi connectivity index (χ1) is 6.56. The van der Waals surface area contributed by atoms with Crippen LogP contribution >= 0.6 is 0 Å². The van der Waals surface area contributed by atoms with Gasteiger partial charge in [0.1, 0.15) is 5.84 Å². The lowest BCUT2D eigenvalue weighted by atomic mass is 10.0. The van der Waals surface area contributed by atoms with Crippen molar-refractivity contribution in [3.8, 4) is 0 Å². The van der Waals surface area contributed by atoms with Crippen LogP contribution in [-0.4, -0.2) is 18.6 Å². The van der Waals surface area contributed by atoms with Crippen LogP contribution in [-0.2, 0) is 0 Å². The Bertz CT molecular complexity index is 392. The van der Waals surface area contributed by atoms with Crippen molar-refractivity contribution in [2.45, 2.75) is 13.8 Å². The number of aliphatic imine (C=N–C) groups is 1. The fourth-order valence-corrected chi connectivity index (χ4v) is 1.32. The lowest BCUT2D eigenvalue weighted by Gasteiger charge is -2.08. The maximum absolute atomic E-state index is 7.60. The third-order valence-electron chi connectivity index (χ3n) is 2.10. The van der Waals surface area contributed by atoms with Gasteiger partial charge in [0.25, 0.3) is 0 Å². The monoisotopic (exact) mass is 189 g/mol. The Balaban J connectivity index is 3.37.